The molecule has 214 valence electrons. The van der Waals surface area contributed by atoms with E-state index in [0.29, 0.717) is 25.8 Å². The molecule has 4 atom stereocenters. The van der Waals surface area contributed by atoms with E-state index in [1.54, 1.807) is 4.90 Å². The summed E-state index contributed by atoms with van der Waals surface area (Å²) in [5.74, 6) is -1.51. The minimum Gasteiger partial charge on any atom is -0.393 e. The lowest BCUT2D eigenvalue weighted by atomic mass is 10.1. The summed E-state index contributed by atoms with van der Waals surface area (Å²) in [7, 11) is 0. The van der Waals surface area contributed by atoms with Crippen LogP contribution in [0.5, 0.6) is 0 Å². The predicted octanol–water partition coefficient (Wildman–Crippen LogP) is 5.16. The van der Waals surface area contributed by atoms with Crippen molar-refractivity contribution in [1.29, 1.82) is 0 Å². The van der Waals surface area contributed by atoms with E-state index >= 15 is 0 Å². The second-order valence-electron chi connectivity index (χ2n) is 9.93. The van der Waals surface area contributed by atoms with Gasteiger partial charge >= 0.3 is 6.18 Å². The summed E-state index contributed by atoms with van der Waals surface area (Å²) in [5.41, 5.74) is -1.00. The SMILES string of the molecule is CCC(Nc1cc(C(F)F)c(-c2sc(C(=O)N[C@@H]3CC[C@@H](O)C3)nc2C(=O)N2CCC[C@@H]2C)cn1)C(F)(F)F. The number of amides is 2. The Morgan fingerprint density at radius 1 is 1.26 bits per heavy atom. The molecule has 8 nitrogen and oxygen atoms in total. The summed E-state index contributed by atoms with van der Waals surface area (Å²) >= 11 is 0.746. The van der Waals surface area contributed by atoms with E-state index in [0.717, 1.165) is 36.4 Å². The van der Waals surface area contributed by atoms with E-state index in [2.05, 4.69) is 20.6 Å². The largest absolute Gasteiger partial charge is 0.408 e. The maximum Gasteiger partial charge on any atom is 0.408 e. The van der Waals surface area contributed by atoms with Crippen LogP contribution in [-0.4, -0.2) is 68.7 Å². The van der Waals surface area contributed by atoms with Crippen molar-refractivity contribution in [1.82, 2.24) is 20.2 Å². The van der Waals surface area contributed by atoms with Crippen molar-refractivity contribution in [2.24, 2.45) is 0 Å². The highest BCUT2D eigenvalue weighted by atomic mass is 32.1. The number of rotatable bonds is 8. The van der Waals surface area contributed by atoms with E-state index in [-0.39, 0.29) is 45.5 Å². The molecule has 1 unspecified atom stereocenters. The maximum atomic E-state index is 14.2. The molecular formula is C25H30F5N5O3S. The maximum absolute atomic E-state index is 14.2. The van der Waals surface area contributed by atoms with Crippen molar-refractivity contribution in [3.05, 3.63) is 28.5 Å². The fraction of sp³-hybridized carbons (Fsp3) is 0.600. The van der Waals surface area contributed by atoms with Gasteiger partial charge in [-0.25, -0.2) is 18.7 Å². The number of aromatic nitrogens is 2. The van der Waals surface area contributed by atoms with Gasteiger partial charge < -0.3 is 20.6 Å². The summed E-state index contributed by atoms with van der Waals surface area (Å²) in [5, 5.41) is 14.6. The number of alkyl halides is 5. The Kier molecular flexibility index (Phi) is 8.74. The molecule has 2 aromatic heterocycles. The molecule has 2 amide bonds. The Bertz CT molecular complexity index is 1210. The summed E-state index contributed by atoms with van der Waals surface area (Å²) in [6.45, 7) is 3.60. The summed E-state index contributed by atoms with van der Waals surface area (Å²) in [6, 6.07) is -1.55. The van der Waals surface area contributed by atoms with Crippen LogP contribution in [0, 0.1) is 0 Å². The van der Waals surface area contributed by atoms with Crippen LogP contribution in [0.4, 0.5) is 27.8 Å². The summed E-state index contributed by atoms with van der Waals surface area (Å²) in [6.07, 6.45) is -4.64. The van der Waals surface area contributed by atoms with Gasteiger partial charge in [-0.15, -0.1) is 11.3 Å². The van der Waals surface area contributed by atoms with Crippen molar-refractivity contribution < 1.29 is 36.6 Å². The monoisotopic (exact) mass is 575 g/mol. The number of carbonyl (C=O) groups excluding carboxylic acids is 2. The van der Waals surface area contributed by atoms with Gasteiger partial charge in [-0.05, 0) is 51.5 Å². The highest BCUT2D eigenvalue weighted by Gasteiger charge is 2.39. The molecular weight excluding hydrogens is 545 g/mol. The molecule has 0 radical (unpaired) electrons. The van der Waals surface area contributed by atoms with Crippen LogP contribution >= 0.6 is 11.3 Å². The van der Waals surface area contributed by atoms with Crippen molar-refractivity contribution in [3.8, 4) is 10.4 Å². The normalized spacial score (nSPS) is 22.4. The number of pyridine rings is 1. The molecule has 4 rings (SSSR count). The molecule has 1 saturated heterocycles. The third kappa shape index (κ3) is 6.48. The lowest BCUT2D eigenvalue weighted by Crippen LogP contribution is -2.35. The van der Waals surface area contributed by atoms with Crippen molar-refractivity contribution in [3.63, 3.8) is 0 Å². The number of likely N-dealkylation sites (tertiary alicyclic amines) is 1. The second-order valence-corrected chi connectivity index (χ2v) is 10.9. The molecule has 2 fully saturated rings. The third-order valence-electron chi connectivity index (χ3n) is 7.12. The zero-order valence-corrected chi connectivity index (χ0v) is 22.2. The average Bonchev–Trinajstić information content (AvgIpc) is 3.61. The number of nitrogens with zero attached hydrogens (tertiary/aromatic N) is 3. The van der Waals surface area contributed by atoms with E-state index in [1.165, 1.54) is 6.92 Å². The number of carbonyl (C=O) groups is 2. The van der Waals surface area contributed by atoms with Gasteiger partial charge in [-0.1, -0.05) is 6.92 Å². The fourth-order valence-corrected chi connectivity index (χ4v) is 5.96. The number of thiazole rings is 1. The third-order valence-corrected chi connectivity index (χ3v) is 8.21. The number of hydrogen-bond acceptors (Lipinski definition) is 7. The minimum absolute atomic E-state index is 0.00656. The number of anilines is 1. The smallest absolute Gasteiger partial charge is 0.393 e. The van der Waals surface area contributed by atoms with Crippen LogP contribution in [0.1, 0.15) is 84.7 Å². The zero-order valence-electron chi connectivity index (χ0n) is 21.4. The highest BCUT2D eigenvalue weighted by molar-refractivity contribution is 7.17. The van der Waals surface area contributed by atoms with E-state index in [9.17, 15) is 36.6 Å². The molecule has 0 bridgehead atoms. The average molecular weight is 576 g/mol. The lowest BCUT2D eigenvalue weighted by molar-refractivity contribution is -0.142. The molecule has 0 aromatic carbocycles. The Hall–Kier alpha value is -2.87. The molecule has 39 heavy (non-hydrogen) atoms. The standard InChI is InChI=1S/C25H30F5N5O3S/c1-3-17(25(28,29)30)33-18-10-15(21(26)27)16(11-31-18)20-19(24(38)35-8-4-5-12(35)2)34-23(39-20)22(37)32-13-6-7-14(36)9-13/h10-14,17,21,36H,3-9H2,1-2H3,(H,31,33)(H,32,37)/t12-,13+,14+,17?/m0/s1. The zero-order chi connectivity index (χ0) is 28.5. The van der Waals surface area contributed by atoms with E-state index < -0.39 is 42.1 Å². The first-order valence-corrected chi connectivity index (χ1v) is 13.6. The molecule has 1 aliphatic heterocycles. The van der Waals surface area contributed by atoms with Gasteiger partial charge in [0.25, 0.3) is 18.2 Å². The fourth-order valence-electron chi connectivity index (χ4n) is 4.97. The van der Waals surface area contributed by atoms with Crippen LogP contribution in [0.15, 0.2) is 12.3 Å². The molecule has 3 heterocycles. The Labute approximate surface area is 226 Å². The minimum atomic E-state index is -4.61. The Balaban J connectivity index is 1.73. The predicted molar refractivity (Wildman–Crippen MR) is 135 cm³/mol. The van der Waals surface area contributed by atoms with Crippen molar-refractivity contribution >= 4 is 29.0 Å². The van der Waals surface area contributed by atoms with Gasteiger partial charge in [-0.3, -0.25) is 9.59 Å². The molecule has 1 aliphatic carbocycles. The molecule has 2 aliphatic rings. The lowest BCUT2D eigenvalue weighted by Gasteiger charge is -2.22. The number of nitrogens with one attached hydrogen (secondary N) is 2. The van der Waals surface area contributed by atoms with Crippen LogP contribution < -0.4 is 10.6 Å². The van der Waals surface area contributed by atoms with Gasteiger partial charge in [-0.2, -0.15) is 13.2 Å². The Morgan fingerprint density at radius 3 is 2.56 bits per heavy atom. The quantitative estimate of drug-likeness (QED) is 0.376. The van der Waals surface area contributed by atoms with Gasteiger partial charge in [0.15, 0.2) is 5.01 Å². The second kappa shape index (κ2) is 11.7. The summed E-state index contributed by atoms with van der Waals surface area (Å²) < 4.78 is 68.2. The van der Waals surface area contributed by atoms with Crippen LogP contribution in [0.25, 0.3) is 10.4 Å². The van der Waals surface area contributed by atoms with Crippen molar-refractivity contribution in [2.75, 3.05) is 11.9 Å². The first-order chi connectivity index (χ1) is 18.4. The summed E-state index contributed by atoms with van der Waals surface area (Å²) in [4.78, 5) is 36.2. The van der Waals surface area contributed by atoms with Gasteiger partial charge in [0, 0.05) is 36.0 Å². The van der Waals surface area contributed by atoms with Crippen LogP contribution in [-0.2, 0) is 0 Å². The van der Waals surface area contributed by atoms with E-state index in [1.807, 2.05) is 6.92 Å². The Morgan fingerprint density at radius 2 is 2.00 bits per heavy atom. The number of halogens is 5. The van der Waals surface area contributed by atoms with Gasteiger partial charge in [0.2, 0.25) is 0 Å². The first kappa shape index (κ1) is 29.1. The number of aliphatic hydroxyl groups is 1. The van der Waals surface area contributed by atoms with Gasteiger partial charge in [0.05, 0.1) is 11.0 Å². The van der Waals surface area contributed by atoms with Gasteiger partial charge in [0.1, 0.15) is 17.6 Å². The van der Waals surface area contributed by atoms with E-state index in [4.69, 9.17) is 0 Å². The topological polar surface area (TPSA) is 107 Å². The number of aliphatic hydroxyl groups excluding tert-OH is 1. The molecule has 0 spiro atoms. The van der Waals surface area contributed by atoms with Crippen LogP contribution in [0.3, 0.4) is 0 Å². The molecule has 1 saturated carbocycles. The highest BCUT2D eigenvalue weighted by Crippen LogP contribution is 2.39. The molecule has 14 heteroatoms. The molecule has 2 aromatic rings. The van der Waals surface area contributed by atoms with Crippen LogP contribution in [0.2, 0.25) is 0 Å². The van der Waals surface area contributed by atoms with Crippen molar-refractivity contribution in [2.45, 2.75) is 89.2 Å². The number of hydrogen-bond donors (Lipinski definition) is 3. The molecule has 3 N–H and O–H groups in total. The first-order valence-electron chi connectivity index (χ1n) is 12.8.